The molecule has 2 aliphatic rings. The summed E-state index contributed by atoms with van der Waals surface area (Å²) in [5.74, 6) is 0.569. The van der Waals surface area contributed by atoms with Crippen LogP contribution in [0.25, 0.3) is 11.0 Å². The molecule has 2 saturated carbocycles. The Morgan fingerprint density at radius 1 is 1.12 bits per heavy atom. The minimum atomic E-state index is -0.862. The van der Waals surface area contributed by atoms with Crippen molar-refractivity contribution in [3.63, 3.8) is 0 Å². The molecule has 1 N–H and O–H groups in total. The molecule has 1 heterocycles. The van der Waals surface area contributed by atoms with Crippen LogP contribution in [0.4, 0.5) is 0 Å². The van der Waals surface area contributed by atoms with Crippen molar-refractivity contribution >= 4 is 16.9 Å². The molecule has 0 saturated heterocycles. The molecule has 2 aliphatic carbocycles. The average molecular weight is 443 g/mol. The molecule has 0 amide bonds. The van der Waals surface area contributed by atoms with Gasteiger partial charge in [-0.2, -0.15) is 0 Å². The number of carbonyl (C=O) groups excluding carboxylic acids is 1. The highest BCUT2D eigenvalue weighted by Gasteiger charge is 2.61. The third-order valence-electron chi connectivity index (χ3n) is 8.27. The van der Waals surface area contributed by atoms with Crippen LogP contribution in [-0.4, -0.2) is 29.4 Å². The lowest BCUT2D eigenvalue weighted by atomic mass is 9.45. The zero-order valence-corrected chi connectivity index (χ0v) is 19.6. The summed E-state index contributed by atoms with van der Waals surface area (Å²) in [4.78, 5) is 23.2. The van der Waals surface area contributed by atoms with Gasteiger partial charge in [-0.25, -0.2) is 4.79 Å². The maximum absolute atomic E-state index is 11.7. The number of fused-ring (bicyclic) bond motifs is 2. The highest BCUT2D eigenvalue weighted by molar-refractivity contribution is 5.77. The molecule has 6 nitrogen and oxygen atoms in total. The number of benzene rings is 1. The van der Waals surface area contributed by atoms with Gasteiger partial charge in [0.15, 0.2) is 0 Å². The van der Waals surface area contributed by atoms with Crippen molar-refractivity contribution in [3.05, 3.63) is 40.8 Å². The fourth-order valence-electron chi connectivity index (χ4n) is 6.59. The van der Waals surface area contributed by atoms with E-state index in [1.54, 1.807) is 12.1 Å². The molecule has 32 heavy (non-hydrogen) atoms. The van der Waals surface area contributed by atoms with Crippen molar-refractivity contribution in [2.24, 2.45) is 22.7 Å². The second-order valence-corrected chi connectivity index (χ2v) is 10.7. The number of aliphatic hydroxyl groups is 1. The Hall–Kier alpha value is -2.34. The van der Waals surface area contributed by atoms with Gasteiger partial charge in [-0.3, -0.25) is 4.79 Å². The molecule has 0 spiro atoms. The first kappa shape index (κ1) is 22.8. The number of rotatable bonds is 4. The van der Waals surface area contributed by atoms with E-state index in [2.05, 4.69) is 20.8 Å². The van der Waals surface area contributed by atoms with Gasteiger partial charge in [-0.1, -0.05) is 20.8 Å². The van der Waals surface area contributed by atoms with Gasteiger partial charge in [0.05, 0.1) is 12.2 Å². The van der Waals surface area contributed by atoms with E-state index >= 15 is 0 Å². The zero-order valence-electron chi connectivity index (χ0n) is 19.6. The first-order valence-corrected chi connectivity index (χ1v) is 11.5. The van der Waals surface area contributed by atoms with Gasteiger partial charge in [0.25, 0.3) is 0 Å². The van der Waals surface area contributed by atoms with Gasteiger partial charge in [0, 0.05) is 35.8 Å². The van der Waals surface area contributed by atoms with Gasteiger partial charge in [-0.15, -0.1) is 0 Å². The minimum absolute atomic E-state index is 0.0928. The molecule has 0 aliphatic heterocycles. The highest BCUT2D eigenvalue weighted by Crippen LogP contribution is 2.62. The Labute approximate surface area is 188 Å². The molecule has 5 atom stereocenters. The lowest BCUT2D eigenvalue weighted by molar-refractivity contribution is -0.210. The van der Waals surface area contributed by atoms with E-state index in [-0.39, 0.29) is 34.7 Å². The van der Waals surface area contributed by atoms with Crippen molar-refractivity contribution in [1.29, 1.82) is 0 Å². The Bertz CT molecular complexity index is 1070. The number of hydrogen-bond acceptors (Lipinski definition) is 6. The van der Waals surface area contributed by atoms with Crippen molar-refractivity contribution < 1.29 is 23.8 Å². The van der Waals surface area contributed by atoms with E-state index in [0.717, 1.165) is 24.6 Å². The number of esters is 1. The van der Waals surface area contributed by atoms with Crippen LogP contribution in [0.15, 0.2) is 39.5 Å². The Balaban J connectivity index is 1.59. The van der Waals surface area contributed by atoms with Crippen molar-refractivity contribution in [3.8, 4) is 5.75 Å². The van der Waals surface area contributed by atoms with Gasteiger partial charge >= 0.3 is 11.6 Å². The summed E-state index contributed by atoms with van der Waals surface area (Å²) >= 11 is 0. The summed E-state index contributed by atoms with van der Waals surface area (Å²) in [5.41, 5.74) is -1.13. The molecule has 0 radical (unpaired) electrons. The predicted molar refractivity (Wildman–Crippen MR) is 121 cm³/mol. The monoisotopic (exact) mass is 442 g/mol. The molecule has 2 aromatic rings. The zero-order chi connectivity index (χ0) is 23.3. The van der Waals surface area contributed by atoms with Crippen molar-refractivity contribution in [1.82, 2.24) is 0 Å². The molecule has 1 aromatic carbocycles. The fraction of sp³-hybridized carbons (Fsp3) is 0.615. The topological polar surface area (TPSA) is 86.0 Å². The van der Waals surface area contributed by atoms with E-state index in [1.807, 2.05) is 19.1 Å². The third kappa shape index (κ3) is 3.94. The van der Waals surface area contributed by atoms with Gasteiger partial charge in [0.2, 0.25) is 0 Å². The van der Waals surface area contributed by atoms with Crippen molar-refractivity contribution in [2.45, 2.75) is 72.0 Å². The quantitative estimate of drug-likeness (QED) is 0.545. The summed E-state index contributed by atoms with van der Waals surface area (Å²) in [5, 5.41) is 12.2. The molecule has 174 valence electrons. The third-order valence-corrected chi connectivity index (χ3v) is 8.27. The van der Waals surface area contributed by atoms with E-state index in [1.165, 1.54) is 13.0 Å². The Morgan fingerprint density at radius 2 is 1.84 bits per heavy atom. The maximum Gasteiger partial charge on any atom is 0.336 e. The summed E-state index contributed by atoms with van der Waals surface area (Å²) < 4.78 is 17.2. The Kier molecular flexibility index (Phi) is 5.64. The molecule has 2 fully saturated rings. The first-order chi connectivity index (χ1) is 14.9. The van der Waals surface area contributed by atoms with Crippen LogP contribution < -0.4 is 10.4 Å². The van der Waals surface area contributed by atoms with Gasteiger partial charge < -0.3 is 19.0 Å². The molecular formula is C26H34O6. The van der Waals surface area contributed by atoms with E-state index < -0.39 is 11.2 Å². The van der Waals surface area contributed by atoms with Gasteiger partial charge in [0.1, 0.15) is 17.4 Å². The van der Waals surface area contributed by atoms with Crippen LogP contribution >= 0.6 is 0 Å². The molecule has 4 rings (SSSR count). The molecular weight excluding hydrogens is 408 g/mol. The van der Waals surface area contributed by atoms with E-state index in [0.29, 0.717) is 24.4 Å². The fourth-order valence-corrected chi connectivity index (χ4v) is 6.59. The number of carbonyl (C=O) groups is 1. The molecule has 6 heteroatoms. The SMILES string of the molecule is CC(=O)O[C@H]1CC[C@@]2(C)[C@@H](COc3ccc4ccc(=O)oc4c3)[C@](C)(O)CC[C@H]2C1(C)C. The summed E-state index contributed by atoms with van der Waals surface area (Å²) in [6, 6.07) is 8.59. The molecule has 0 bridgehead atoms. The van der Waals surface area contributed by atoms with Crippen LogP contribution in [0, 0.1) is 22.7 Å². The number of ether oxygens (including phenoxy) is 2. The lowest BCUT2D eigenvalue weighted by Gasteiger charge is -2.62. The predicted octanol–water partition coefficient (Wildman–Crippen LogP) is 4.71. The largest absolute Gasteiger partial charge is 0.493 e. The second kappa shape index (κ2) is 7.91. The average Bonchev–Trinajstić information content (AvgIpc) is 2.68. The van der Waals surface area contributed by atoms with Crippen LogP contribution in [0.2, 0.25) is 0 Å². The summed E-state index contributed by atoms with van der Waals surface area (Å²) in [7, 11) is 0. The van der Waals surface area contributed by atoms with E-state index in [4.69, 9.17) is 13.9 Å². The van der Waals surface area contributed by atoms with Gasteiger partial charge in [-0.05, 0) is 62.1 Å². The molecule has 1 aromatic heterocycles. The first-order valence-electron chi connectivity index (χ1n) is 11.5. The number of hydrogen-bond donors (Lipinski definition) is 1. The van der Waals surface area contributed by atoms with Crippen LogP contribution in [0.5, 0.6) is 5.75 Å². The second-order valence-electron chi connectivity index (χ2n) is 10.7. The van der Waals surface area contributed by atoms with Crippen molar-refractivity contribution in [2.75, 3.05) is 6.61 Å². The van der Waals surface area contributed by atoms with Crippen LogP contribution in [0.1, 0.15) is 60.3 Å². The molecule has 0 unspecified atom stereocenters. The minimum Gasteiger partial charge on any atom is -0.493 e. The summed E-state index contributed by atoms with van der Waals surface area (Å²) in [6.45, 7) is 10.4. The standard InChI is InChI=1S/C26H34O6/c1-16(27)31-22-11-12-25(4)20(24(22,2)3)10-13-26(5,29)21(25)15-30-18-8-6-17-7-9-23(28)32-19(17)14-18/h6-9,14,20-22,29H,10-13,15H2,1-5H3/t20-,21+,22-,25+,26+/m0/s1. The smallest absolute Gasteiger partial charge is 0.336 e. The maximum atomic E-state index is 11.7. The Morgan fingerprint density at radius 3 is 2.56 bits per heavy atom. The summed E-state index contributed by atoms with van der Waals surface area (Å²) in [6.07, 6.45) is 3.06. The van der Waals surface area contributed by atoms with E-state index in [9.17, 15) is 14.7 Å². The van der Waals surface area contributed by atoms with Crippen LogP contribution in [-0.2, 0) is 9.53 Å². The lowest BCUT2D eigenvalue weighted by Crippen LogP contribution is -2.62. The van der Waals surface area contributed by atoms with Crippen LogP contribution in [0.3, 0.4) is 0 Å². The normalized spacial score (nSPS) is 34.0. The highest BCUT2D eigenvalue weighted by atomic mass is 16.5.